The molecule has 4 aromatic carbocycles. The number of carbonyl (C=O) groups excluding carboxylic acids is 1. The molecule has 4 aromatic rings. The first-order valence-corrected chi connectivity index (χ1v) is 15.1. The SMILES string of the molecule is COC(=O)[C@@H]1Cc2cc3c(cc2CN1Cc1ccccc1F)CC(c1ccc(OCc2ccc(Cl)c(Cl)c2)cc1)CCO3. The van der Waals surface area contributed by atoms with Gasteiger partial charge >= 0.3 is 5.97 Å². The third-order valence-corrected chi connectivity index (χ3v) is 9.08. The van der Waals surface area contributed by atoms with Crippen LogP contribution in [0.15, 0.2) is 78.9 Å². The van der Waals surface area contributed by atoms with E-state index in [1.54, 1.807) is 18.2 Å². The van der Waals surface area contributed by atoms with Crippen LogP contribution in [0.4, 0.5) is 4.39 Å². The van der Waals surface area contributed by atoms with Crippen molar-refractivity contribution in [3.05, 3.63) is 128 Å². The predicted octanol–water partition coefficient (Wildman–Crippen LogP) is 7.92. The number of rotatable bonds is 7. The van der Waals surface area contributed by atoms with Crippen LogP contribution in [0.25, 0.3) is 0 Å². The quantitative estimate of drug-likeness (QED) is 0.197. The Balaban J connectivity index is 1.18. The largest absolute Gasteiger partial charge is 0.493 e. The molecule has 43 heavy (non-hydrogen) atoms. The molecule has 0 spiro atoms. The average Bonchev–Trinajstić information content (AvgIpc) is 3.23. The van der Waals surface area contributed by atoms with E-state index in [1.807, 2.05) is 35.2 Å². The van der Waals surface area contributed by atoms with E-state index in [9.17, 15) is 9.18 Å². The number of benzene rings is 4. The van der Waals surface area contributed by atoms with Crippen LogP contribution >= 0.6 is 23.2 Å². The Morgan fingerprint density at radius 2 is 1.77 bits per heavy atom. The number of hydrogen-bond acceptors (Lipinski definition) is 5. The van der Waals surface area contributed by atoms with E-state index in [1.165, 1.54) is 18.7 Å². The summed E-state index contributed by atoms with van der Waals surface area (Å²) in [5.41, 5.74) is 6.07. The minimum atomic E-state index is -0.494. The van der Waals surface area contributed by atoms with Crippen LogP contribution in [-0.4, -0.2) is 30.6 Å². The molecular weight excluding hydrogens is 588 g/mol. The maximum atomic E-state index is 14.5. The Labute approximate surface area is 261 Å². The second kappa shape index (κ2) is 13.0. The van der Waals surface area contributed by atoms with E-state index in [0.29, 0.717) is 48.3 Å². The van der Waals surface area contributed by atoms with Gasteiger partial charge in [0.2, 0.25) is 0 Å². The molecule has 0 saturated carbocycles. The van der Waals surface area contributed by atoms with Crippen LogP contribution < -0.4 is 9.47 Å². The second-order valence-corrected chi connectivity index (χ2v) is 11.9. The first-order valence-electron chi connectivity index (χ1n) is 14.4. The van der Waals surface area contributed by atoms with Gasteiger partial charge in [-0.2, -0.15) is 0 Å². The standard InChI is InChI=1S/C35H32Cl2FNO4/c1-41-35(40)33-17-26-18-34-27(16-28(26)20-39(33)19-25-4-2-3-5-32(25)38)15-24(12-13-42-34)23-7-9-29(10-8-23)43-21-22-6-11-30(36)31(37)14-22/h2-11,14,16,18,24,33H,12-13,15,17,19-21H2,1H3/t24?,33-/m0/s1. The van der Waals surface area contributed by atoms with Crippen LogP contribution in [0.2, 0.25) is 10.0 Å². The van der Waals surface area contributed by atoms with Gasteiger partial charge in [-0.05, 0) is 89.4 Å². The summed E-state index contributed by atoms with van der Waals surface area (Å²) in [5, 5.41) is 1.03. The lowest BCUT2D eigenvalue weighted by molar-refractivity contribution is -0.148. The fourth-order valence-corrected chi connectivity index (χ4v) is 6.31. The van der Waals surface area contributed by atoms with Gasteiger partial charge in [0.15, 0.2) is 0 Å². The molecule has 0 fully saturated rings. The summed E-state index contributed by atoms with van der Waals surface area (Å²) in [6.07, 6.45) is 2.20. The van der Waals surface area contributed by atoms with Crippen molar-refractivity contribution in [1.82, 2.24) is 4.90 Å². The first-order chi connectivity index (χ1) is 20.9. The molecule has 2 atom stereocenters. The van der Waals surface area contributed by atoms with Crippen molar-refractivity contribution in [2.24, 2.45) is 0 Å². The molecule has 5 nitrogen and oxygen atoms in total. The van der Waals surface area contributed by atoms with Crippen molar-refractivity contribution in [3.63, 3.8) is 0 Å². The summed E-state index contributed by atoms with van der Waals surface area (Å²) in [6.45, 7) is 1.84. The second-order valence-electron chi connectivity index (χ2n) is 11.1. The highest BCUT2D eigenvalue weighted by Gasteiger charge is 2.34. The lowest BCUT2D eigenvalue weighted by Crippen LogP contribution is -2.45. The molecule has 6 rings (SSSR count). The molecule has 2 heterocycles. The minimum absolute atomic E-state index is 0.277. The number of hydrogen-bond donors (Lipinski definition) is 0. The maximum Gasteiger partial charge on any atom is 0.323 e. The number of carbonyl (C=O) groups is 1. The molecule has 1 unspecified atom stereocenters. The van der Waals surface area contributed by atoms with Gasteiger partial charge in [0.25, 0.3) is 0 Å². The number of methoxy groups -OCH3 is 1. The van der Waals surface area contributed by atoms with Gasteiger partial charge in [0.05, 0.1) is 23.8 Å². The molecule has 0 aromatic heterocycles. The number of halogens is 3. The minimum Gasteiger partial charge on any atom is -0.493 e. The number of nitrogens with zero attached hydrogens (tertiary/aromatic N) is 1. The molecule has 2 aliphatic rings. The van der Waals surface area contributed by atoms with Crippen molar-refractivity contribution in [1.29, 1.82) is 0 Å². The van der Waals surface area contributed by atoms with Crippen molar-refractivity contribution >= 4 is 29.2 Å². The summed E-state index contributed by atoms with van der Waals surface area (Å²) in [5.74, 6) is 1.34. The molecule has 0 bridgehead atoms. The zero-order valence-corrected chi connectivity index (χ0v) is 25.3. The van der Waals surface area contributed by atoms with Gasteiger partial charge in [-0.15, -0.1) is 0 Å². The average molecular weight is 621 g/mol. The molecule has 0 amide bonds. The summed E-state index contributed by atoms with van der Waals surface area (Å²) in [6, 6.07) is 24.2. The van der Waals surface area contributed by atoms with Gasteiger partial charge in [-0.25, -0.2) is 4.39 Å². The normalized spacial score (nSPS) is 18.1. The van der Waals surface area contributed by atoms with Crippen LogP contribution in [0.5, 0.6) is 11.5 Å². The molecule has 8 heteroatoms. The molecule has 2 aliphatic heterocycles. The fraction of sp³-hybridized carbons (Fsp3) is 0.286. The number of ether oxygens (including phenoxy) is 3. The first kappa shape index (κ1) is 29.5. The summed E-state index contributed by atoms with van der Waals surface area (Å²) >= 11 is 12.1. The molecule has 0 saturated heterocycles. The van der Waals surface area contributed by atoms with E-state index in [-0.39, 0.29) is 17.7 Å². The van der Waals surface area contributed by atoms with Crippen molar-refractivity contribution in [2.75, 3.05) is 13.7 Å². The highest BCUT2D eigenvalue weighted by Crippen LogP contribution is 2.38. The van der Waals surface area contributed by atoms with Crippen LogP contribution in [-0.2, 0) is 42.1 Å². The monoisotopic (exact) mass is 619 g/mol. The molecule has 0 aliphatic carbocycles. The van der Waals surface area contributed by atoms with Crippen LogP contribution in [0.1, 0.15) is 45.7 Å². The van der Waals surface area contributed by atoms with Crippen molar-refractivity contribution < 1.29 is 23.4 Å². The molecular formula is C35H32Cl2FNO4. The van der Waals surface area contributed by atoms with E-state index in [0.717, 1.165) is 46.6 Å². The van der Waals surface area contributed by atoms with Crippen LogP contribution in [0, 0.1) is 5.82 Å². The Kier molecular flexibility index (Phi) is 8.89. The lowest BCUT2D eigenvalue weighted by Gasteiger charge is -2.35. The number of esters is 1. The Bertz CT molecular complexity index is 1630. The Morgan fingerprint density at radius 1 is 0.953 bits per heavy atom. The molecule has 0 radical (unpaired) electrons. The molecule has 0 N–H and O–H groups in total. The Hall–Kier alpha value is -3.58. The summed E-state index contributed by atoms with van der Waals surface area (Å²) in [7, 11) is 1.40. The topological polar surface area (TPSA) is 48.0 Å². The summed E-state index contributed by atoms with van der Waals surface area (Å²) in [4.78, 5) is 14.8. The van der Waals surface area contributed by atoms with Gasteiger partial charge in [-0.1, -0.05) is 65.7 Å². The van der Waals surface area contributed by atoms with Gasteiger partial charge in [-0.3, -0.25) is 9.69 Å². The maximum absolute atomic E-state index is 14.5. The highest BCUT2D eigenvalue weighted by molar-refractivity contribution is 6.42. The predicted molar refractivity (Wildman–Crippen MR) is 165 cm³/mol. The highest BCUT2D eigenvalue weighted by atomic mass is 35.5. The van der Waals surface area contributed by atoms with E-state index in [4.69, 9.17) is 37.4 Å². The zero-order chi connectivity index (χ0) is 29.9. The van der Waals surface area contributed by atoms with E-state index in [2.05, 4.69) is 24.3 Å². The van der Waals surface area contributed by atoms with Gasteiger partial charge in [0.1, 0.15) is 30.0 Å². The van der Waals surface area contributed by atoms with E-state index >= 15 is 0 Å². The lowest BCUT2D eigenvalue weighted by atomic mass is 9.86. The fourth-order valence-electron chi connectivity index (χ4n) is 5.99. The number of fused-ring (bicyclic) bond motifs is 2. The van der Waals surface area contributed by atoms with E-state index < -0.39 is 6.04 Å². The molecule has 222 valence electrons. The van der Waals surface area contributed by atoms with Crippen molar-refractivity contribution in [2.45, 2.75) is 50.9 Å². The van der Waals surface area contributed by atoms with Crippen LogP contribution in [0.3, 0.4) is 0 Å². The smallest absolute Gasteiger partial charge is 0.323 e. The van der Waals surface area contributed by atoms with Crippen molar-refractivity contribution in [3.8, 4) is 11.5 Å². The third-order valence-electron chi connectivity index (χ3n) is 8.35. The third kappa shape index (κ3) is 6.67. The summed E-state index contributed by atoms with van der Waals surface area (Å²) < 4.78 is 31.9. The van der Waals surface area contributed by atoms with Gasteiger partial charge in [0, 0.05) is 18.7 Å². The zero-order valence-electron chi connectivity index (χ0n) is 23.8. The Morgan fingerprint density at radius 3 is 2.53 bits per heavy atom. The van der Waals surface area contributed by atoms with Gasteiger partial charge < -0.3 is 14.2 Å².